The van der Waals surface area contributed by atoms with E-state index in [0.717, 1.165) is 0 Å². The summed E-state index contributed by atoms with van der Waals surface area (Å²) in [6.45, 7) is 3.26. The highest BCUT2D eigenvalue weighted by atomic mass is 16.4. The Morgan fingerprint density at radius 1 is 0.879 bits per heavy atom. The Labute approximate surface area is 334 Å². The number of hydrogen-bond donors (Lipinski definition) is 11. The number of nitrogens with zero attached hydrogens (tertiary/aromatic N) is 4. The van der Waals surface area contributed by atoms with Crippen molar-refractivity contribution >= 4 is 53.3 Å². The van der Waals surface area contributed by atoms with Gasteiger partial charge in [0.2, 0.25) is 41.4 Å². The molecule has 0 unspecified atom stereocenters. The summed E-state index contributed by atoms with van der Waals surface area (Å²) in [5.41, 5.74) is 22.7. The summed E-state index contributed by atoms with van der Waals surface area (Å²) in [6, 6.07) is -8.77. The number of aliphatic hydroxyl groups is 1. The van der Waals surface area contributed by atoms with Crippen molar-refractivity contribution in [2.24, 2.45) is 33.8 Å². The molecule has 2 aliphatic rings. The SMILES string of the molecule is CC(C)C[C@H](NC(=O)[C@@H](N)Cc1cnc[nH]1)C(=O)N1CCC[C@H]1C(=O)N1CCC[C@H]1C(=O)N[C@@H](CC(N)=O)C(=O)N[C@@H](CO)C(=O)N[C@@H](CCCN=C(N)N)C(=O)O. The number of H-pyrrole nitrogens is 1. The number of carbonyl (C=O) groups excluding carboxylic acids is 7. The van der Waals surface area contributed by atoms with Crippen LogP contribution in [0.4, 0.5) is 0 Å². The first kappa shape index (κ1) is 46.5. The van der Waals surface area contributed by atoms with Gasteiger partial charge in [0.25, 0.3) is 0 Å². The minimum Gasteiger partial charge on any atom is -0.480 e. The van der Waals surface area contributed by atoms with E-state index in [1.807, 2.05) is 13.8 Å². The highest BCUT2D eigenvalue weighted by Gasteiger charge is 2.44. The lowest BCUT2D eigenvalue weighted by atomic mass is 10.0. The predicted octanol–water partition coefficient (Wildman–Crippen LogP) is -4.75. The number of aliphatic imine (C=N–C) groups is 1. The summed E-state index contributed by atoms with van der Waals surface area (Å²) >= 11 is 0. The van der Waals surface area contributed by atoms with Crippen LogP contribution in [0.15, 0.2) is 17.5 Å². The summed E-state index contributed by atoms with van der Waals surface area (Å²) in [4.78, 5) is 118. The number of aliphatic hydroxyl groups excluding tert-OH is 1. The maximum Gasteiger partial charge on any atom is 0.326 e. The van der Waals surface area contributed by atoms with Crippen LogP contribution in [0, 0.1) is 5.92 Å². The van der Waals surface area contributed by atoms with Gasteiger partial charge in [-0.3, -0.25) is 38.6 Å². The molecule has 0 spiro atoms. The van der Waals surface area contributed by atoms with E-state index >= 15 is 0 Å². The van der Waals surface area contributed by atoms with E-state index in [1.165, 1.54) is 16.1 Å². The van der Waals surface area contributed by atoms with Gasteiger partial charge in [-0.15, -0.1) is 0 Å². The van der Waals surface area contributed by atoms with Crippen LogP contribution < -0.4 is 44.2 Å². The molecule has 2 aliphatic heterocycles. The summed E-state index contributed by atoms with van der Waals surface area (Å²) < 4.78 is 0. The van der Waals surface area contributed by atoms with Crippen LogP contribution in [0.5, 0.6) is 0 Å². The summed E-state index contributed by atoms with van der Waals surface area (Å²) in [6.07, 6.45) is 4.17. The van der Waals surface area contributed by atoms with E-state index in [0.29, 0.717) is 25.0 Å². The summed E-state index contributed by atoms with van der Waals surface area (Å²) in [7, 11) is 0. The van der Waals surface area contributed by atoms with Crippen molar-refractivity contribution in [3.8, 4) is 0 Å². The van der Waals surface area contributed by atoms with E-state index < -0.39 is 103 Å². The molecule has 0 radical (unpaired) electrons. The van der Waals surface area contributed by atoms with Gasteiger partial charge in [-0.1, -0.05) is 13.8 Å². The highest BCUT2D eigenvalue weighted by Crippen LogP contribution is 2.26. The molecule has 2 fully saturated rings. The topological polar surface area (TPSA) is 377 Å². The van der Waals surface area contributed by atoms with E-state index in [1.54, 1.807) is 6.20 Å². The zero-order valence-corrected chi connectivity index (χ0v) is 32.7. The molecule has 7 atom stereocenters. The standard InChI is InChI=1S/C35H57N13O10/c1-18(2)12-23(45-28(51)20(36)13-19-15-40-17-42-19)32(55)48-11-5-8-26(48)33(56)47-10-4-7-25(47)31(54)44-22(14-27(37)50)29(52)46-24(16-49)30(53)43-21(34(57)58)6-3-9-41-35(38)39/h15,17-18,20-26,49H,3-14,16,36H2,1-2H3,(H2,37,50)(H,40,42)(H,43,53)(H,44,54)(H,45,51)(H,46,52)(H,57,58)(H4,38,39,41)/t20-,21-,22-,23-,24-,25-,26-/m0/s1. The van der Waals surface area contributed by atoms with Gasteiger partial charge < -0.3 is 69.2 Å². The van der Waals surface area contributed by atoms with Crippen molar-refractivity contribution in [3.05, 3.63) is 18.2 Å². The lowest BCUT2D eigenvalue weighted by molar-refractivity contribution is -0.148. The molecule has 0 aliphatic carbocycles. The van der Waals surface area contributed by atoms with Crippen LogP contribution in [0.2, 0.25) is 0 Å². The van der Waals surface area contributed by atoms with Gasteiger partial charge in [-0.2, -0.15) is 0 Å². The van der Waals surface area contributed by atoms with Gasteiger partial charge >= 0.3 is 5.97 Å². The second-order valence-electron chi connectivity index (χ2n) is 14.8. The number of guanidine groups is 1. The summed E-state index contributed by atoms with van der Waals surface area (Å²) in [5, 5.41) is 29.1. The number of aliphatic carboxylic acids is 1. The number of aromatic amines is 1. The molecule has 322 valence electrons. The van der Waals surface area contributed by atoms with Gasteiger partial charge in [-0.25, -0.2) is 9.78 Å². The highest BCUT2D eigenvalue weighted by molar-refractivity contribution is 5.98. The number of imidazole rings is 1. The molecule has 2 saturated heterocycles. The Morgan fingerprint density at radius 3 is 2.09 bits per heavy atom. The van der Waals surface area contributed by atoms with Crippen LogP contribution >= 0.6 is 0 Å². The fraction of sp³-hybridized carbons (Fsp3) is 0.657. The van der Waals surface area contributed by atoms with Gasteiger partial charge in [-0.05, 0) is 50.9 Å². The molecule has 1 aromatic heterocycles. The first-order valence-corrected chi connectivity index (χ1v) is 19.2. The van der Waals surface area contributed by atoms with Crippen molar-refractivity contribution < 1.29 is 48.6 Å². The molecule has 15 N–H and O–H groups in total. The van der Waals surface area contributed by atoms with Crippen molar-refractivity contribution in [2.45, 2.75) is 114 Å². The van der Waals surface area contributed by atoms with Gasteiger partial charge in [0, 0.05) is 37.9 Å². The van der Waals surface area contributed by atoms with E-state index in [4.69, 9.17) is 22.9 Å². The normalized spacial score (nSPS) is 19.0. The maximum absolute atomic E-state index is 14.1. The molecule has 23 heteroatoms. The van der Waals surface area contributed by atoms with Crippen LogP contribution in [0.1, 0.15) is 70.9 Å². The van der Waals surface area contributed by atoms with Crippen LogP contribution in [-0.4, -0.2) is 152 Å². The number of carboxylic acid groups (broad SMARTS) is 1. The quantitative estimate of drug-likeness (QED) is 0.0297. The summed E-state index contributed by atoms with van der Waals surface area (Å²) in [5.74, 6) is -7.09. The van der Waals surface area contributed by atoms with Gasteiger partial charge in [0.05, 0.1) is 25.4 Å². The molecular weight excluding hydrogens is 762 g/mol. The second kappa shape index (κ2) is 22.2. The first-order chi connectivity index (χ1) is 27.4. The number of nitrogens with one attached hydrogen (secondary N) is 5. The fourth-order valence-electron chi connectivity index (χ4n) is 6.86. The maximum atomic E-state index is 14.1. The lowest BCUT2D eigenvalue weighted by Gasteiger charge is -2.34. The van der Waals surface area contributed by atoms with E-state index in [2.05, 4.69) is 36.2 Å². The molecule has 0 aromatic carbocycles. The van der Waals surface area contributed by atoms with E-state index in [9.17, 15) is 48.6 Å². The Kier molecular flexibility index (Phi) is 17.8. The Balaban J connectivity index is 1.69. The molecule has 3 heterocycles. The number of nitrogens with two attached hydrogens (primary N) is 4. The molecule has 23 nitrogen and oxygen atoms in total. The minimum absolute atomic E-state index is 0.0105. The van der Waals surface area contributed by atoms with Crippen molar-refractivity contribution in [1.29, 1.82) is 0 Å². The Morgan fingerprint density at radius 2 is 1.50 bits per heavy atom. The third-order valence-corrected chi connectivity index (χ3v) is 9.73. The number of carboxylic acids is 1. The zero-order valence-electron chi connectivity index (χ0n) is 32.7. The molecule has 0 saturated carbocycles. The molecule has 7 amide bonds. The third kappa shape index (κ3) is 13.7. The molecule has 58 heavy (non-hydrogen) atoms. The molecule has 3 rings (SSSR count). The average molecular weight is 820 g/mol. The predicted molar refractivity (Wildman–Crippen MR) is 205 cm³/mol. The smallest absolute Gasteiger partial charge is 0.326 e. The van der Waals surface area contributed by atoms with Gasteiger partial charge in [0.15, 0.2) is 5.96 Å². The molecule has 1 aromatic rings. The number of aromatic nitrogens is 2. The van der Waals surface area contributed by atoms with Crippen LogP contribution in [0.25, 0.3) is 0 Å². The first-order valence-electron chi connectivity index (χ1n) is 19.2. The van der Waals surface area contributed by atoms with Crippen molar-refractivity contribution in [1.82, 2.24) is 41.0 Å². The lowest BCUT2D eigenvalue weighted by Crippen LogP contribution is -2.60. The Bertz CT molecular complexity index is 1650. The van der Waals surface area contributed by atoms with Gasteiger partial charge in [0.1, 0.15) is 36.3 Å². The monoisotopic (exact) mass is 819 g/mol. The van der Waals surface area contributed by atoms with Crippen molar-refractivity contribution in [2.75, 3.05) is 26.2 Å². The number of primary amides is 1. The van der Waals surface area contributed by atoms with Crippen LogP contribution in [0.3, 0.4) is 0 Å². The van der Waals surface area contributed by atoms with E-state index in [-0.39, 0.29) is 63.6 Å². The minimum atomic E-state index is -1.69. The second-order valence-corrected chi connectivity index (χ2v) is 14.8. The number of rotatable bonds is 22. The molecule has 0 bridgehead atoms. The van der Waals surface area contributed by atoms with Crippen LogP contribution in [-0.2, 0) is 44.8 Å². The number of hydrogen-bond acceptors (Lipinski definition) is 12. The zero-order chi connectivity index (χ0) is 43.1. The average Bonchev–Trinajstić information content (AvgIpc) is 3.96. The molecular formula is C35H57N13O10. The number of amides is 7. The third-order valence-electron chi connectivity index (χ3n) is 9.73. The fourth-order valence-corrected chi connectivity index (χ4v) is 6.86. The largest absolute Gasteiger partial charge is 0.480 e. The number of carbonyl (C=O) groups is 8. The van der Waals surface area contributed by atoms with Crippen molar-refractivity contribution in [3.63, 3.8) is 0 Å². The Hall–Kier alpha value is -5.84. The number of likely N-dealkylation sites (tertiary alicyclic amines) is 2.